The molecule has 1 unspecified atom stereocenters. The summed E-state index contributed by atoms with van der Waals surface area (Å²) in [6, 6.07) is 5.78. The van der Waals surface area contributed by atoms with Crippen LogP contribution in [0.1, 0.15) is 6.92 Å². The normalized spacial score (nSPS) is 20.6. The number of morpholine rings is 1. The summed E-state index contributed by atoms with van der Waals surface area (Å²) < 4.78 is 8.04. The Hall–Kier alpha value is -0.740. The number of halogens is 2. The molecular formula is C15H18Cl2N2O. The Morgan fingerprint density at radius 3 is 3.00 bits per heavy atom. The third-order valence-electron chi connectivity index (χ3n) is 3.87. The highest BCUT2D eigenvalue weighted by molar-refractivity contribution is 6.38. The van der Waals surface area contributed by atoms with Gasteiger partial charge >= 0.3 is 0 Å². The first-order chi connectivity index (χ1) is 9.67. The fraction of sp³-hybridized carbons (Fsp3) is 0.467. The van der Waals surface area contributed by atoms with Gasteiger partial charge < -0.3 is 9.30 Å². The lowest BCUT2D eigenvalue weighted by Gasteiger charge is -2.32. The molecule has 0 amide bonds. The number of hydrogen-bond acceptors (Lipinski definition) is 2. The van der Waals surface area contributed by atoms with Gasteiger partial charge in [-0.1, -0.05) is 30.1 Å². The van der Waals surface area contributed by atoms with Crippen molar-refractivity contribution < 1.29 is 4.74 Å². The molecule has 3 rings (SSSR count). The summed E-state index contributed by atoms with van der Waals surface area (Å²) in [5, 5.41) is 2.41. The highest BCUT2D eigenvalue weighted by atomic mass is 35.5. The molecule has 0 radical (unpaired) electrons. The third kappa shape index (κ3) is 2.82. The first-order valence-electron chi connectivity index (χ1n) is 6.95. The van der Waals surface area contributed by atoms with Gasteiger partial charge in [-0.3, -0.25) is 4.90 Å². The average molecular weight is 313 g/mol. The van der Waals surface area contributed by atoms with Gasteiger partial charge in [0.2, 0.25) is 0 Å². The predicted molar refractivity (Wildman–Crippen MR) is 83.8 cm³/mol. The minimum atomic E-state index is 0.219. The van der Waals surface area contributed by atoms with E-state index in [2.05, 4.69) is 22.6 Å². The Labute approximate surface area is 129 Å². The molecule has 0 N–H and O–H groups in total. The first-order valence-corrected chi connectivity index (χ1v) is 7.71. The van der Waals surface area contributed by atoms with E-state index in [0.29, 0.717) is 10.0 Å². The number of fused-ring (bicyclic) bond motifs is 1. The van der Waals surface area contributed by atoms with E-state index < -0.39 is 0 Å². The van der Waals surface area contributed by atoms with Gasteiger partial charge in [0.1, 0.15) is 0 Å². The molecule has 20 heavy (non-hydrogen) atoms. The molecule has 1 aromatic heterocycles. The lowest BCUT2D eigenvalue weighted by molar-refractivity contribution is -0.0337. The summed E-state index contributed by atoms with van der Waals surface area (Å²) >= 11 is 12.3. The Morgan fingerprint density at radius 1 is 1.35 bits per heavy atom. The Bertz CT molecular complexity index is 611. The largest absolute Gasteiger partial charge is 0.374 e. The topological polar surface area (TPSA) is 17.4 Å². The summed E-state index contributed by atoms with van der Waals surface area (Å²) in [6.07, 6.45) is 2.28. The van der Waals surface area contributed by atoms with Crippen LogP contribution in [0.3, 0.4) is 0 Å². The summed E-state index contributed by atoms with van der Waals surface area (Å²) in [5.41, 5.74) is 1.07. The van der Waals surface area contributed by atoms with E-state index in [-0.39, 0.29) is 6.10 Å². The molecule has 1 atom stereocenters. The third-order valence-corrected chi connectivity index (χ3v) is 4.40. The second-order valence-electron chi connectivity index (χ2n) is 5.17. The lowest BCUT2D eigenvalue weighted by Crippen LogP contribution is -2.43. The second kappa shape index (κ2) is 5.94. The van der Waals surface area contributed by atoms with Crippen molar-refractivity contribution in [3.63, 3.8) is 0 Å². The van der Waals surface area contributed by atoms with Crippen LogP contribution < -0.4 is 0 Å². The predicted octanol–water partition coefficient (Wildman–Crippen LogP) is 3.67. The molecule has 0 spiro atoms. The van der Waals surface area contributed by atoms with E-state index in [1.54, 1.807) is 6.07 Å². The number of nitrogens with zero attached hydrogens (tertiary/aromatic N) is 2. The molecule has 0 saturated carbocycles. The number of hydrogen-bond donors (Lipinski definition) is 0. The maximum Gasteiger partial charge on any atom is 0.0881 e. The number of aromatic nitrogens is 1. The molecular weight excluding hydrogens is 295 g/mol. The van der Waals surface area contributed by atoms with Gasteiger partial charge in [0.25, 0.3) is 0 Å². The Balaban J connectivity index is 1.84. The molecule has 3 nitrogen and oxygen atoms in total. The summed E-state index contributed by atoms with van der Waals surface area (Å²) in [4.78, 5) is 2.42. The summed E-state index contributed by atoms with van der Waals surface area (Å²) in [6.45, 7) is 6.90. The van der Waals surface area contributed by atoms with Crippen LogP contribution in [0.15, 0.2) is 24.4 Å². The standard InChI is InChI=1S/C15H18Cl2N2O/c1-2-18-5-6-20-12(9-18)10-19-4-3-13-14(17)7-11(16)8-15(13)19/h3-4,7-8,12H,2,5-6,9-10H2,1H3. The van der Waals surface area contributed by atoms with Crippen molar-refractivity contribution in [2.75, 3.05) is 26.2 Å². The van der Waals surface area contributed by atoms with Gasteiger partial charge in [0.05, 0.1) is 29.8 Å². The van der Waals surface area contributed by atoms with Crippen LogP contribution in [-0.2, 0) is 11.3 Å². The second-order valence-corrected chi connectivity index (χ2v) is 6.02. The average Bonchev–Trinajstić information content (AvgIpc) is 2.82. The van der Waals surface area contributed by atoms with Crippen LogP contribution in [0, 0.1) is 0 Å². The van der Waals surface area contributed by atoms with Crippen molar-refractivity contribution in [1.29, 1.82) is 0 Å². The van der Waals surface area contributed by atoms with Crippen LogP contribution in [0.2, 0.25) is 10.0 Å². The highest BCUT2D eigenvalue weighted by Gasteiger charge is 2.20. The number of ether oxygens (including phenoxy) is 1. The molecule has 0 aliphatic carbocycles. The van der Waals surface area contributed by atoms with E-state index in [9.17, 15) is 0 Å². The van der Waals surface area contributed by atoms with Crippen molar-refractivity contribution in [3.8, 4) is 0 Å². The number of likely N-dealkylation sites (N-methyl/N-ethyl adjacent to an activating group) is 1. The first kappa shape index (κ1) is 14.2. The van der Waals surface area contributed by atoms with Crippen molar-refractivity contribution in [2.24, 2.45) is 0 Å². The number of benzene rings is 1. The van der Waals surface area contributed by atoms with E-state index in [1.165, 1.54) is 0 Å². The molecule has 1 aliphatic rings. The van der Waals surface area contributed by atoms with Crippen molar-refractivity contribution in [2.45, 2.75) is 19.6 Å². The van der Waals surface area contributed by atoms with Crippen LogP contribution in [0.4, 0.5) is 0 Å². The Morgan fingerprint density at radius 2 is 2.20 bits per heavy atom. The van der Waals surface area contributed by atoms with Gasteiger partial charge in [-0.05, 0) is 24.7 Å². The van der Waals surface area contributed by atoms with Crippen molar-refractivity contribution in [1.82, 2.24) is 9.47 Å². The van der Waals surface area contributed by atoms with Crippen LogP contribution >= 0.6 is 23.2 Å². The molecule has 108 valence electrons. The van der Waals surface area contributed by atoms with Crippen LogP contribution in [0.5, 0.6) is 0 Å². The SMILES string of the molecule is CCN1CCOC(Cn2ccc3c(Cl)cc(Cl)cc32)C1. The van der Waals surface area contributed by atoms with Gasteiger partial charge in [-0.15, -0.1) is 0 Å². The zero-order valence-corrected chi connectivity index (χ0v) is 13.0. The Kier molecular flexibility index (Phi) is 4.22. The number of rotatable bonds is 3. The minimum absolute atomic E-state index is 0.219. The zero-order valence-electron chi connectivity index (χ0n) is 11.5. The van der Waals surface area contributed by atoms with E-state index in [1.807, 2.05) is 12.1 Å². The van der Waals surface area contributed by atoms with Gasteiger partial charge in [0.15, 0.2) is 0 Å². The minimum Gasteiger partial charge on any atom is -0.374 e. The van der Waals surface area contributed by atoms with E-state index >= 15 is 0 Å². The molecule has 1 saturated heterocycles. The lowest BCUT2D eigenvalue weighted by atomic mass is 10.2. The maximum absolute atomic E-state index is 6.23. The highest BCUT2D eigenvalue weighted by Crippen LogP contribution is 2.29. The summed E-state index contributed by atoms with van der Waals surface area (Å²) in [5.74, 6) is 0. The zero-order chi connectivity index (χ0) is 14.1. The molecule has 1 aliphatic heterocycles. The molecule has 1 fully saturated rings. The molecule has 0 bridgehead atoms. The fourth-order valence-corrected chi connectivity index (χ4v) is 3.32. The van der Waals surface area contributed by atoms with Gasteiger partial charge in [0, 0.05) is 29.7 Å². The van der Waals surface area contributed by atoms with Gasteiger partial charge in [-0.2, -0.15) is 0 Å². The van der Waals surface area contributed by atoms with Crippen LogP contribution in [-0.4, -0.2) is 41.8 Å². The van der Waals surface area contributed by atoms with Crippen LogP contribution in [0.25, 0.3) is 10.9 Å². The molecule has 5 heteroatoms. The maximum atomic E-state index is 6.23. The summed E-state index contributed by atoms with van der Waals surface area (Å²) in [7, 11) is 0. The molecule has 2 aromatic rings. The fourth-order valence-electron chi connectivity index (χ4n) is 2.78. The molecule has 2 heterocycles. The van der Waals surface area contributed by atoms with Crippen molar-refractivity contribution in [3.05, 3.63) is 34.4 Å². The van der Waals surface area contributed by atoms with Gasteiger partial charge in [-0.25, -0.2) is 0 Å². The van der Waals surface area contributed by atoms with E-state index in [4.69, 9.17) is 27.9 Å². The monoisotopic (exact) mass is 312 g/mol. The smallest absolute Gasteiger partial charge is 0.0881 e. The van der Waals surface area contributed by atoms with E-state index in [0.717, 1.165) is 43.7 Å². The molecule has 1 aromatic carbocycles. The quantitative estimate of drug-likeness (QED) is 0.860. The van der Waals surface area contributed by atoms with Crippen molar-refractivity contribution >= 4 is 34.1 Å².